The number of anilines is 2. The van der Waals surface area contributed by atoms with Gasteiger partial charge in [0.1, 0.15) is 11.5 Å². The molecule has 27 heavy (non-hydrogen) atoms. The molecule has 0 radical (unpaired) electrons. The third-order valence-corrected chi connectivity index (χ3v) is 4.60. The molecule has 1 aliphatic rings. The van der Waals surface area contributed by atoms with Gasteiger partial charge in [-0.15, -0.1) is 0 Å². The van der Waals surface area contributed by atoms with E-state index in [2.05, 4.69) is 10.3 Å². The second-order valence-electron chi connectivity index (χ2n) is 6.44. The predicted octanol–water partition coefficient (Wildman–Crippen LogP) is 2.63. The van der Waals surface area contributed by atoms with Gasteiger partial charge < -0.3 is 19.9 Å². The number of piperazine rings is 1. The Bertz CT molecular complexity index is 746. The number of rotatable bonds is 7. The van der Waals surface area contributed by atoms with Crippen molar-refractivity contribution in [1.82, 2.24) is 9.88 Å². The van der Waals surface area contributed by atoms with Crippen LogP contribution in [0.3, 0.4) is 0 Å². The minimum atomic E-state index is -0.229. The Morgan fingerprint density at radius 1 is 1.19 bits per heavy atom. The third-order valence-electron chi connectivity index (χ3n) is 4.60. The van der Waals surface area contributed by atoms with Crippen molar-refractivity contribution in [3.05, 3.63) is 54.1 Å². The highest BCUT2D eigenvalue weighted by molar-refractivity contribution is 5.92. The lowest BCUT2D eigenvalue weighted by molar-refractivity contribution is 0.0741. The molecule has 2 heterocycles. The van der Waals surface area contributed by atoms with E-state index in [1.54, 1.807) is 36.4 Å². The van der Waals surface area contributed by atoms with Crippen molar-refractivity contribution in [2.75, 3.05) is 56.7 Å². The molecule has 1 aliphatic heterocycles. The van der Waals surface area contributed by atoms with E-state index in [0.29, 0.717) is 44.2 Å². The highest BCUT2D eigenvalue weighted by Gasteiger charge is 2.24. The highest BCUT2D eigenvalue weighted by Crippen LogP contribution is 2.20. The zero-order valence-electron chi connectivity index (χ0n) is 15.5. The van der Waals surface area contributed by atoms with Crippen LogP contribution in [-0.4, -0.2) is 62.2 Å². The van der Waals surface area contributed by atoms with Gasteiger partial charge in [-0.3, -0.25) is 4.79 Å². The standard InChI is InChI=1S/C20H25FN4O2/c1-27-14-4-9-22-16-7-8-18(23-15-16)20(26)25-12-10-24(11-13-25)19-6-3-2-5-17(19)21/h2-3,5-8,15,22H,4,9-14H2,1H3. The predicted molar refractivity (Wildman–Crippen MR) is 104 cm³/mol. The molecule has 1 fully saturated rings. The molecule has 0 aliphatic carbocycles. The number of halogens is 1. The maximum Gasteiger partial charge on any atom is 0.272 e. The Kier molecular flexibility index (Phi) is 6.59. The lowest BCUT2D eigenvalue weighted by Gasteiger charge is -2.36. The number of carbonyl (C=O) groups is 1. The highest BCUT2D eigenvalue weighted by atomic mass is 19.1. The summed E-state index contributed by atoms with van der Waals surface area (Å²) in [5, 5.41) is 3.24. The van der Waals surface area contributed by atoms with Gasteiger partial charge in [-0.05, 0) is 30.7 Å². The van der Waals surface area contributed by atoms with Crippen LogP contribution >= 0.6 is 0 Å². The summed E-state index contributed by atoms with van der Waals surface area (Å²) in [5.41, 5.74) is 1.90. The Balaban J connectivity index is 1.52. The summed E-state index contributed by atoms with van der Waals surface area (Å²) in [4.78, 5) is 20.7. The van der Waals surface area contributed by atoms with Gasteiger partial charge in [0.25, 0.3) is 5.91 Å². The van der Waals surface area contributed by atoms with E-state index in [4.69, 9.17) is 4.74 Å². The van der Waals surface area contributed by atoms with Gasteiger partial charge in [-0.2, -0.15) is 0 Å². The van der Waals surface area contributed by atoms with Crippen molar-refractivity contribution in [2.45, 2.75) is 6.42 Å². The maximum absolute atomic E-state index is 13.9. The summed E-state index contributed by atoms with van der Waals surface area (Å²) in [6.45, 7) is 3.80. The molecular weight excluding hydrogens is 347 g/mol. The fraction of sp³-hybridized carbons (Fsp3) is 0.400. The van der Waals surface area contributed by atoms with Crippen molar-refractivity contribution < 1.29 is 13.9 Å². The molecule has 1 aromatic heterocycles. The molecule has 0 saturated carbocycles. The molecule has 0 atom stereocenters. The van der Waals surface area contributed by atoms with Crippen LogP contribution in [-0.2, 0) is 4.74 Å². The first-order valence-corrected chi connectivity index (χ1v) is 9.16. The third kappa shape index (κ3) is 4.95. The molecule has 0 bridgehead atoms. The van der Waals surface area contributed by atoms with Crippen LogP contribution in [0, 0.1) is 5.82 Å². The minimum Gasteiger partial charge on any atom is -0.385 e. The number of para-hydroxylation sites is 1. The van der Waals surface area contributed by atoms with E-state index in [-0.39, 0.29) is 11.7 Å². The van der Waals surface area contributed by atoms with Crippen molar-refractivity contribution in [3.63, 3.8) is 0 Å². The molecule has 2 aromatic rings. The van der Waals surface area contributed by atoms with E-state index in [1.165, 1.54) is 6.07 Å². The van der Waals surface area contributed by atoms with Gasteiger partial charge in [0.05, 0.1) is 17.6 Å². The number of carbonyl (C=O) groups excluding carboxylic acids is 1. The molecule has 1 saturated heterocycles. The molecule has 1 aromatic carbocycles. The van der Waals surface area contributed by atoms with Crippen molar-refractivity contribution >= 4 is 17.3 Å². The first-order valence-electron chi connectivity index (χ1n) is 9.16. The molecule has 1 amide bonds. The summed E-state index contributed by atoms with van der Waals surface area (Å²) in [5.74, 6) is -0.318. The smallest absolute Gasteiger partial charge is 0.272 e. The van der Waals surface area contributed by atoms with Gasteiger partial charge in [0, 0.05) is 46.4 Å². The zero-order valence-corrected chi connectivity index (χ0v) is 15.5. The minimum absolute atomic E-state index is 0.0888. The number of methoxy groups -OCH3 is 1. The number of hydrogen-bond donors (Lipinski definition) is 1. The first-order chi connectivity index (χ1) is 13.2. The number of nitrogens with one attached hydrogen (secondary N) is 1. The number of pyridine rings is 1. The molecule has 144 valence electrons. The summed E-state index contributed by atoms with van der Waals surface area (Å²) in [6, 6.07) is 10.3. The van der Waals surface area contributed by atoms with Crippen LogP contribution in [0.1, 0.15) is 16.9 Å². The molecular formula is C20H25FN4O2. The molecule has 6 nitrogen and oxygen atoms in total. The quantitative estimate of drug-likeness (QED) is 0.757. The van der Waals surface area contributed by atoms with E-state index in [0.717, 1.165) is 18.7 Å². The largest absolute Gasteiger partial charge is 0.385 e. The normalized spacial score (nSPS) is 14.3. The lowest BCUT2D eigenvalue weighted by atomic mass is 10.2. The number of amides is 1. The average Bonchev–Trinajstić information content (AvgIpc) is 2.72. The number of aromatic nitrogens is 1. The van der Waals surface area contributed by atoms with E-state index >= 15 is 0 Å². The summed E-state index contributed by atoms with van der Waals surface area (Å²) in [6.07, 6.45) is 2.58. The number of hydrogen-bond acceptors (Lipinski definition) is 5. The Hall–Kier alpha value is -2.67. The maximum atomic E-state index is 13.9. The Morgan fingerprint density at radius 2 is 1.96 bits per heavy atom. The van der Waals surface area contributed by atoms with Crippen LogP contribution in [0.25, 0.3) is 0 Å². The molecule has 1 N–H and O–H groups in total. The van der Waals surface area contributed by atoms with E-state index < -0.39 is 0 Å². The summed E-state index contributed by atoms with van der Waals surface area (Å²) >= 11 is 0. The van der Waals surface area contributed by atoms with Gasteiger partial charge >= 0.3 is 0 Å². The first kappa shape index (κ1) is 19.1. The van der Waals surface area contributed by atoms with E-state index in [1.807, 2.05) is 17.0 Å². The van der Waals surface area contributed by atoms with Gasteiger partial charge in [-0.1, -0.05) is 12.1 Å². The van der Waals surface area contributed by atoms with Crippen LogP contribution in [0.15, 0.2) is 42.6 Å². The topological polar surface area (TPSA) is 57.7 Å². The number of ether oxygens (including phenoxy) is 1. The van der Waals surface area contributed by atoms with Crippen LogP contribution < -0.4 is 10.2 Å². The second kappa shape index (κ2) is 9.32. The van der Waals surface area contributed by atoms with Crippen molar-refractivity contribution in [2.24, 2.45) is 0 Å². The summed E-state index contributed by atoms with van der Waals surface area (Å²) < 4.78 is 18.9. The SMILES string of the molecule is COCCCNc1ccc(C(=O)N2CCN(c3ccccc3F)CC2)nc1. The fourth-order valence-corrected chi connectivity index (χ4v) is 3.09. The van der Waals surface area contributed by atoms with Crippen LogP contribution in [0.4, 0.5) is 15.8 Å². The number of benzene rings is 1. The number of nitrogens with zero attached hydrogens (tertiary/aromatic N) is 3. The van der Waals surface area contributed by atoms with Crippen molar-refractivity contribution in [1.29, 1.82) is 0 Å². The van der Waals surface area contributed by atoms with Crippen LogP contribution in [0.2, 0.25) is 0 Å². The lowest BCUT2D eigenvalue weighted by Crippen LogP contribution is -2.49. The van der Waals surface area contributed by atoms with Gasteiger partial charge in [-0.25, -0.2) is 9.37 Å². The van der Waals surface area contributed by atoms with E-state index in [9.17, 15) is 9.18 Å². The summed E-state index contributed by atoms with van der Waals surface area (Å²) in [7, 11) is 1.68. The monoisotopic (exact) mass is 372 g/mol. The Labute approximate surface area is 158 Å². The Morgan fingerprint density at radius 3 is 2.63 bits per heavy atom. The molecule has 3 rings (SSSR count). The molecule has 0 unspecified atom stereocenters. The molecule has 0 spiro atoms. The average molecular weight is 372 g/mol. The second-order valence-corrected chi connectivity index (χ2v) is 6.44. The molecule has 7 heteroatoms. The van der Waals surface area contributed by atoms with Gasteiger partial charge in [0.2, 0.25) is 0 Å². The zero-order chi connectivity index (χ0) is 19.1. The van der Waals surface area contributed by atoms with Gasteiger partial charge in [0.15, 0.2) is 0 Å². The van der Waals surface area contributed by atoms with Crippen molar-refractivity contribution in [3.8, 4) is 0 Å². The fourth-order valence-electron chi connectivity index (χ4n) is 3.09. The van der Waals surface area contributed by atoms with Crippen LogP contribution in [0.5, 0.6) is 0 Å².